The van der Waals surface area contributed by atoms with Crippen LogP contribution in [0.4, 0.5) is 0 Å². The fourth-order valence-electron chi connectivity index (χ4n) is 1.89. The van der Waals surface area contributed by atoms with E-state index in [0.717, 1.165) is 25.7 Å². The third-order valence-electron chi connectivity index (χ3n) is 2.80. The molecule has 86 valence electrons. The molecule has 0 aromatic carbocycles. The molecule has 1 unspecified atom stereocenters. The molecule has 1 N–H and O–H groups in total. The Morgan fingerprint density at radius 2 is 2.38 bits per heavy atom. The summed E-state index contributed by atoms with van der Waals surface area (Å²) in [7, 11) is 1.98. The monoisotopic (exact) mass is 216 g/mol. The summed E-state index contributed by atoms with van der Waals surface area (Å²) in [6.45, 7) is 2.16. The first kappa shape index (κ1) is 12.7. The maximum atomic E-state index is 5.26. The van der Waals surface area contributed by atoms with Gasteiger partial charge in [-0.3, -0.25) is 4.98 Å². The van der Waals surface area contributed by atoms with Gasteiger partial charge >= 0.3 is 0 Å². The highest BCUT2D eigenvalue weighted by atomic mass is 14.9. The Hall–Kier alpha value is -1.33. The Morgan fingerprint density at radius 1 is 1.56 bits per heavy atom. The van der Waals surface area contributed by atoms with Crippen LogP contribution >= 0.6 is 0 Å². The van der Waals surface area contributed by atoms with Crippen LogP contribution in [0, 0.1) is 12.3 Å². The summed E-state index contributed by atoms with van der Waals surface area (Å²) >= 11 is 0. The Balaban J connectivity index is 2.74. The summed E-state index contributed by atoms with van der Waals surface area (Å²) in [5.41, 5.74) is 2.49. The van der Waals surface area contributed by atoms with Gasteiger partial charge < -0.3 is 5.32 Å². The summed E-state index contributed by atoms with van der Waals surface area (Å²) in [6.07, 6.45) is 11.1. The number of nitrogens with zero attached hydrogens (tertiary/aromatic N) is 1. The SMILES string of the molecule is C#CCCCC(NC)c1ncccc1CC. The number of pyridine rings is 1. The Bertz CT molecular complexity index is 352. The maximum absolute atomic E-state index is 5.26. The molecule has 1 aromatic rings. The zero-order valence-electron chi connectivity index (χ0n) is 10.2. The number of rotatable bonds is 6. The van der Waals surface area contributed by atoms with E-state index in [1.807, 2.05) is 19.3 Å². The molecule has 0 saturated heterocycles. The predicted octanol–water partition coefficient (Wildman–Crippen LogP) is 2.71. The second kappa shape index (κ2) is 7.03. The van der Waals surface area contributed by atoms with Crippen LogP contribution in [0.3, 0.4) is 0 Å². The molecule has 0 bridgehead atoms. The normalized spacial score (nSPS) is 12.1. The third kappa shape index (κ3) is 3.36. The fourth-order valence-corrected chi connectivity index (χ4v) is 1.89. The molecule has 0 amide bonds. The third-order valence-corrected chi connectivity index (χ3v) is 2.80. The molecule has 0 aliphatic heterocycles. The highest BCUT2D eigenvalue weighted by molar-refractivity contribution is 5.22. The first-order chi connectivity index (χ1) is 7.83. The van der Waals surface area contributed by atoms with E-state index in [0.29, 0.717) is 6.04 Å². The number of nitrogens with one attached hydrogen (secondary N) is 1. The van der Waals surface area contributed by atoms with Crippen molar-refractivity contribution >= 4 is 0 Å². The lowest BCUT2D eigenvalue weighted by Gasteiger charge is -2.17. The molecule has 0 radical (unpaired) electrons. The molecule has 1 aromatic heterocycles. The lowest BCUT2D eigenvalue weighted by molar-refractivity contribution is 0.515. The number of hydrogen-bond donors (Lipinski definition) is 1. The summed E-state index contributed by atoms with van der Waals surface area (Å²) in [5, 5.41) is 3.32. The summed E-state index contributed by atoms with van der Waals surface area (Å²) in [4.78, 5) is 4.49. The Morgan fingerprint density at radius 3 is 3.00 bits per heavy atom. The van der Waals surface area contributed by atoms with Gasteiger partial charge in [-0.1, -0.05) is 13.0 Å². The minimum absolute atomic E-state index is 0.324. The fraction of sp³-hybridized carbons (Fsp3) is 0.500. The molecule has 0 aliphatic carbocycles. The van der Waals surface area contributed by atoms with Crippen molar-refractivity contribution in [3.05, 3.63) is 29.6 Å². The van der Waals surface area contributed by atoms with E-state index < -0.39 is 0 Å². The van der Waals surface area contributed by atoms with Gasteiger partial charge in [0.05, 0.1) is 5.69 Å². The van der Waals surface area contributed by atoms with Gasteiger partial charge in [0.1, 0.15) is 0 Å². The molecular weight excluding hydrogens is 196 g/mol. The van der Waals surface area contributed by atoms with E-state index in [-0.39, 0.29) is 0 Å². The molecule has 0 saturated carbocycles. The van der Waals surface area contributed by atoms with Crippen molar-refractivity contribution < 1.29 is 0 Å². The van der Waals surface area contributed by atoms with Gasteiger partial charge in [0.2, 0.25) is 0 Å². The zero-order valence-corrected chi connectivity index (χ0v) is 10.2. The van der Waals surface area contributed by atoms with Crippen LogP contribution in [0.15, 0.2) is 18.3 Å². The zero-order chi connectivity index (χ0) is 11.8. The van der Waals surface area contributed by atoms with Crippen molar-refractivity contribution in [3.8, 4) is 12.3 Å². The highest BCUT2D eigenvalue weighted by Crippen LogP contribution is 2.20. The average molecular weight is 216 g/mol. The van der Waals surface area contributed by atoms with Gasteiger partial charge in [-0.25, -0.2) is 0 Å². The lowest BCUT2D eigenvalue weighted by Crippen LogP contribution is -2.19. The van der Waals surface area contributed by atoms with Crippen LogP contribution in [0.5, 0.6) is 0 Å². The van der Waals surface area contributed by atoms with Crippen molar-refractivity contribution in [2.45, 2.75) is 38.6 Å². The minimum Gasteiger partial charge on any atom is -0.312 e. The quantitative estimate of drug-likeness (QED) is 0.584. The van der Waals surface area contributed by atoms with Crippen LogP contribution in [-0.2, 0) is 6.42 Å². The Labute approximate surface area is 98.5 Å². The molecule has 2 nitrogen and oxygen atoms in total. The maximum Gasteiger partial charge on any atom is 0.0604 e. The van der Waals surface area contributed by atoms with Gasteiger partial charge in [-0.15, -0.1) is 12.3 Å². The first-order valence-corrected chi connectivity index (χ1v) is 5.88. The summed E-state index contributed by atoms with van der Waals surface area (Å²) in [5.74, 6) is 2.68. The van der Waals surface area contributed by atoms with Crippen LogP contribution in [0.25, 0.3) is 0 Å². The van der Waals surface area contributed by atoms with E-state index in [1.54, 1.807) is 0 Å². The van der Waals surface area contributed by atoms with Crippen molar-refractivity contribution in [2.24, 2.45) is 0 Å². The van der Waals surface area contributed by atoms with Gasteiger partial charge in [-0.2, -0.15) is 0 Å². The number of hydrogen-bond acceptors (Lipinski definition) is 2. The second-order valence-corrected chi connectivity index (χ2v) is 3.84. The molecule has 16 heavy (non-hydrogen) atoms. The van der Waals surface area contributed by atoms with E-state index in [9.17, 15) is 0 Å². The molecular formula is C14H20N2. The van der Waals surface area contributed by atoms with Gasteiger partial charge in [-0.05, 0) is 37.9 Å². The Kier molecular flexibility index (Phi) is 5.60. The summed E-state index contributed by atoms with van der Waals surface area (Å²) in [6, 6.07) is 4.47. The van der Waals surface area contributed by atoms with Gasteiger partial charge in [0.25, 0.3) is 0 Å². The standard InChI is InChI=1S/C14H20N2/c1-4-6-7-10-13(15-3)14-12(5-2)9-8-11-16-14/h1,8-9,11,13,15H,5-7,10H2,2-3H3. The number of aryl methyl sites for hydroxylation is 1. The molecule has 0 fully saturated rings. The second-order valence-electron chi connectivity index (χ2n) is 3.84. The van der Waals surface area contributed by atoms with E-state index in [2.05, 4.69) is 29.2 Å². The van der Waals surface area contributed by atoms with Crippen molar-refractivity contribution in [1.29, 1.82) is 0 Å². The van der Waals surface area contributed by atoms with E-state index in [1.165, 1.54) is 11.3 Å². The average Bonchev–Trinajstić information content (AvgIpc) is 2.35. The van der Waals surface area contributed by atoms with Crippen LogP contribution in [0.1, 0.15) is 43.5 Å². The van der Waals surface area contributed by atoms with Crippen molar-refractivity contribution in [1.82, 2.24) is 10.3 Å². The topological polar surface area (TPSA) is 24.9 Å². The molecule has 1 rings (SSSR count). The van der Waals surface area contributed by atoms with Gasteiger partial charge in [0, 0.05) is 18.7 Å². The smallest absolute Gasteiger partial charge is 0.0604 e. The van der Waals surface area contributed by atoms with Gasteiger partial charge in [0.15, 0.2) is 0 Å². The molecule has 1 heterocycles. The van der Waals surface area contributed by atoms with Crippen molar-refractivity contribution in [2.75, 3.05) is 7.05 Å². The number of aromatic nitrogens is 1. The van der Waals surface area contributed by atoms with Crippen LogP contribution in [-0.4, -0.2) is 12.0 Å². The molecule has 1 atom stereocenters. The van der Waals surface area contributed by atoms with E-state index >= 15 is 0 Å². The number of unbranched alkanes of at least 4 members (excludes halogenated alkanes) is 1. The van der Waals surface area contributed by atoms with Crippen LogP contribution < -0.4 is 5.32 Å². The summed E-state index contributed by atoms with van der Waals surface area (Å²) < 4.78 is 0. The molecule has 0 aliphatic rings. The van der Waals surface area contributed by atoms with Crippen LogP contribution in [0.2, 0.25) is 0 Å². The highest BCUT2D eigenvalue weighted by Gasteiger charge is 2.13. The largest absolute Gasteiger partial charge is 0.312 e. The molecule has 2 heteroatoms. The first-order valence-electron chi connectivity index (χ1n) is 5.88. The van der Waals surface area contributed by atoms with E-state index in [4.69, 9.17) is 6.42 Å². The predicted molar refractivity (Wildman–Crippen MR) is 68.1 cm³/mol. The lowest BCUT2D eigenvalue weighted by atomic mass is 10.0. The molecule has 0 spiro atoms. The van der Waals surface area contributed by atoms with Crippen molar-refractivity contribution in [3.63, 3.8) is 0 Å². The number of terminal acetylenes is 1. The minimum atomic E-state index is 0.324.